The summed E-state index contributed by atoms with van der Waals surface area (Å²) in [5, 5.41) is 10.2. The lowest BCUT2D eigenvalue weighted by atomic mass is 10.3. The molecular weight excluding hydrogens is 353 g/mol. The Kier molecular flexibility index (Phi) is 5.40. The van der Waals surface area contributed by atoms with Gasteiger partial charge in [-0.2, -0.15) is 17.5 Å². The minimum atomic E-state index is -5.08. The molecule has 12 heteroatoms. The van der Waals surface area contributed by atoms with E-state index in [-0.39, 0.29) is 5.16 Å². The molecule has 1 fully saturated rings. The quantitative estimate of drug-likeness (QED) is 0.731. The van der Waals surface area contributed by atoms with Crippen molar-refractivity contribution in [2.24, 2.45) is 0 Å². The van der Waals surface area contributed by atoms with Gasteiger partial charge in [0, 0.05) is 37.9 Å². The zero-order chi connectivity index (χ0) is 18.0. The molecule has 1 saturated heterocycles. The van der Waals surface area contributed by atoms with E-state index >= 15 is 0 Å². The Morgan fingerprint density at radius 1 is 1.25 bits per heavy atom. The van der Waals surface area contributed by atoms with Gasteiger partial charge in [0.15, 0.2) is 0 Å². The molecule has 1 aromatic rings. The van der Waals surface area contributed by atoms with E-state index < -0.39 is 22.2 Å². The van der Waals surface area contributed by atoms with Crippen LogP contribution in [0, 0.1) is 0 Å². The highest BCUT2D eigenvalue weighted by molar-refractivity contribution is 7.89. The van der Waals surface area contributed by atoms with Crippen molar-refractivity contribution in [3.63, 3.8) is 0 Å². The van der Waals surface area contributed by atoms with Crippen molar-refractivity contribution in [1.29, 1.82) is 0 Å². The molecule has 1 aromatic heterocycles. The minimum absolute atomic E-state index is 0.0538. The largest absolute Gasteiger partial charge is 0.490 e. The van der Waals surface area contributed by atoms with Gasteiger partial charge in [-0.3, -0.25) is 0 Å². The topological polar surface area (TPSA) is 112 Å². The number of sulfonamides is 1. The fourth-order valence-corrected chi connectivity index (χ4v) is 3.59. The highest BCUT2D eigenvalue weighted by atomic mass is 32.2. The lowest BCUT2D eigenvalue weighted by Gasteiger charge is -2.14. The third-order valence-corrected chi connectivity index (χ3v) is 5.12. The van der Waals surface area contributed by atoms with Crippen LogP contribution in [0.25, 0.3) is 0 Å². The van der Waals surface area contributed by atoms with Crippen molar-refractivity contribution < 1.29 is 31.5 Å². The van der Waals surface area contributed by atoms with E-state index in [1.165, 1.54) is 4.31 Å². The molecule has 0 bridgehead atoms. The monoisotopic (exact) mass is 368 g/mol. The number of carbonyl (C=O) groups is 1. The molecule has 134 valence electrons. The van der Waals surface area contributed by atoms with Crippen LogP contribution in [0.2, 0.25) is 0 Å². The number of nitrogens with zero attached hydrogens (tertiary/aromatic N) is 3. The van der Waals surface area contributed by atoms with Crippen LogP contribution in [-0.4, -0.2) is 53.0 Å². The Morgan fingerprint density at radius 2 is 1.83 bits per heavy atom. The number of rotatable bonds is 2. The van der Waals surface area contributed by atoms with Gasteiger partial charge in [0.2, 0.25) is 0 Å². The lowest BCUT2D eigenvalue weighted by Crippen LogP contribution is -2.29. The molecule has 2 N–H and O–H groups in total. The summed E-state index contributed by atoms with van der Waals surface area (Å²) >= 11 is 0. The second-order valence-electron chi connectivity index (χ2n) is 5.14. The number of carboxylic acid groups (broad SMARTS) is 1. The molecule has 2 aliphatic heterocycles. The summed E-state index contributed by atoms with van der Waals surface area (Å²) in [6.45, 7) is 2.52. The summed E-state index contributed by atoms with van der Waals surface area (Å²) in [4.78, 5) is 17.0. The van der Waals surface area contributed by atoms with E-state index in [1.807, 2.05) is 0 Å². The Balaban J connectivity index is 0.000000256. The number of aliphatic carboxylic acids is 1. The minimum Gasteiger partial charge on any atom is -0.475 e. The predicted molar refractivity (Wildman–Crippen MR) is 74.3 cm³/mol. The fraction of sp³-hybridized carbons (Fsp3) is 0.583. The normalized spacial score (nSPS) is 18.0. The van der Waals surface area contributed by atoms with Gasteiger partial charge in [0.1, 0.15) is 0 Å². The maximum Gasteiger partial charge on any atom is 0.490 e. The average Bonchev–Trinajstić information content (AvgIpc) is 3.18. The van der Waals surface area contributed by atoms with Crippen molar-refractivity contribution >= 4 is 16.0 Å². The predicted octanol–water partition coefficient (Wildman–Crippen LogP) is 0.498. The Bertz CT molecular complexity index is 718. The van der Waals surface area contributed by atoms with E-state index in [1.54, 1.807) is 6.20 Å². The van der Waals surface area contributed by atoms with Crippen LogP contribution in [0.1, 0.15) is 24.1 Å². The van der Waals surface area contributed by atoms with Crippen LogP contribution >= 0.6 is 0 Å². The first kappa shape index (κ1) is 18.5. The second-order valence-corrected chi connectivity index (χ2v) is 6.97. The Labute approximate surface area is 135 Å². The van der Waals surface area contributed by atoms with Crippen molar-refractivity contribution in [2.75, 3.05) is 13.1 Å². The first-order chi connectivity index (χ1) is 11.1. The van der Waals surface area contributed by atoms with Gasteiger partial charge in [-0.1, -0.05) is 0 Å². The van der Waals surface area contributed by atoms with Gasteiger partial charge in [0.25, 0.3) is 15.2 Å². The Morgan fingerprint density at radius 3 is 2.38 bits per heavy atom. The molecule has 0 amide bonds. The summed E-state index contributed by atoms with van der Waals surface area (Å²) in [5.74, 6) is -2.76. The summed E-state index contributed by atoms with van der Waals surface area (Å²) in [7, 11) is -3.48. The fourth-order valence-electron chi connectivity index (χ4n) is 2.21. The molecule has 0 saturated carbocycles. The third-order valence-electron chi connectivity index (χ3n) is 3.42. The molecule has 0 aromatic carbocycles. The number of hydrogen-bond donors (Lipinski definition) is 2. The standard InChI is InChI=1S/C10H14N4O2S.C2HF3O2/c15-17(16,14-3-1-2-4-14)10-12-6-8-5-11-7-9(8)13-10;3-2(4,5)1(6)7/h6,11H,1-5,7H2;(H,6,7). The molecule has 0 atom stereocenters. The average molecular weight is 368 g/mol. The van der Waals surface area contributed by atoms with E-state index in [9.17, 15) is 21.6 Å². The van der Waals surface area contributed by atoms with Crippen molar-refractivity contribution in [3.8, 4) is 0 Å². The van der Waals surface area contributed by atoms with Crippen LogP contribution in [0.15, 0.2) is 11.4 Å². The molecule has 3 heterocycles. The Hall–Kier alpha value is -1.79. The van der Waals surface area contributed by atoms with Gasteiger partial charge in [0.05, 0.1) is 5.69 Å². The zero-order valence-corrected chi connectivity index (χ0v) is 13.2. The highest BCUT2D eigenvalue weighted by Crippen LogP contribution is 2.20. The molecule has 3 rings (SSSR count). The number of alkyl halides is 3. The molecule has 0 unspecified atom stereocenters. The first-order valence-electron chi connectivity index (χ1n) is 6.98. The number of carboxylic acids is 1. The van der Waals surface area contributed by atoms with E-state index in [2.05, 4.69) is 15.3 Å². The molecule has 0 aliphatic carbocycles. The van der Waals surface area contributed by atoms with E-state index in [0.717, 1.165) is 30.6 Å². The van der Waals surface area contributed by atoms with Gasteiger partial charge < -0.3 is 10.4 Å². The third kappa shape index (κ3) is 4.19. The van der Waals surface area contributed by atoms with Gasteiger partial charge in [-0.05, 0) is 12.8 Å². The number of hydrogen-bond acceptors (Lipinski definition) is 6. The van der Waals surface area contributed by atoms with Crippen LogP contribution in [0.4, 0.5) is 13.2 Å². The molecule has 2 aliphatic rings. The van der Waals surface area contributed by atoms with Gasteiger partial charge in [-0.15, -0.1) is 0 Å². The van der Waals surface area contributed by atoms with Crippen LogP contribution in [0.3, 0.4) is 0 Å². The molecule has 0 spiro atoms. The summed E-state index contributed by atoms with van der Waals surface area (Å²) in [6, 6.07) is 0. The van der Waals surface area contributed by atoms with Gasteiger partial charge >= 0.3 is 12.1 Å². The number of halogens is 3. The summed E-state index contributed by atoms with van der Waals surface area (Å²) in [5.41, 5.74) is 1.79. The van der Waals surface area contributed by atoms with Crippen molar-refractivity contribution in [2.45, 2.75) is 37.3 Å². The van der Waals surface area contributed by atoms with Crippen LogP contribution in [-0.2, 0) is 27.9 Å². The van der Waals surface area contributed by atoms with E-state index in [4.69, 9.17) is 9.90 Å². The number of fused-ring (bicyclic) bond motifs is 1. The summed E-state index contributed by atoms with van der Waals surface area (Å²) in [6.07, 6.45) is -1.62. The van der Waals surface area contributed by atoms with Crippen LogP contribution < -0.4 is 5.32 Å². The molecule has 24 heavy (non-hydrogen) atoms. The molecular formula is C12H15F3N4O4S. The van der Waals surface area contributed by atoms with E-state index in [0.29, 0.717) is 19.6 Å². The van der Waals surface area contributed by atoms with Crippen molar-refractivity contribution in [1.82, 2.24) is 19.6 Å². The maximum absolute atomic E-state index is 12.2. The van der Waals surface area contributed by atoms with Crippen molar-refractivity contribution in [3.05, 3.63) is 17.5 Å². The highest BCUT2D eigenvalue weighted by Gasteiger charge is 2.38. The second kappa shape index (κ2) is 6.99. The SMILES string of the molecule is O=C(O)C(F)(F)F.O=S(=O)(c1ncc2c(n1)CNC2)N1CCCC1. The summed E-state index contributed by atoms with van der Waals surface area (Å²) < 4.78 is 57.6. The zero-order valence-electron chi connectivity index (χ0n) is 12.4. The molecule has 8 nitrogen and oxygen atoms in total. The maximum atomic E-state index is 12.2. The first-order valence-corrected chi connectivity index (χ1v) is 8.42. The molecule has 0 radical (unpaired) electrons. The lowest BCUT2D eigenvalue weighted by molar-refractivity contribution is -0.192. The number of aromatic nitrogens is 2. The smallest absolute Gasteiger partial charge is 0.475 e. The van der Waals surface area contributed by atoms with Crippen LogP contribution in [0.5, 0.6) is 0 Å². The van der Waals surface area contributed by atoms with Gasteiger partial charge in [-0.25, -0.2) is 23.2 Å². The number of nitrogens with one attached hydrogen (secondary N) is 1.